The smallest absolute Gasteiger partial charge is 0.0402 e. The molecule has 1 aliphatic heterocycles. The van der Waals surface area contributed by atoms with Gasteiger partial charge >= 0.3 is 0 Å². The molecule has 2 nitrogen and oxygen atoms in total. The van der Waals surface area contributed by atoms with Gasteiger partial charge in [0, 0.05) is 24.3 Å². The minimum Gasteiger partial charge on any atom is -0.367 e. The molecule has 76 valence electrons. The maximum atomic E-state index is 5.85. The average Bonchev–Trinajstić information content (AvgIpc) is 2.43. The van der Waals surface area contributed by atoms with Crippen LogP contribution >= 0.6 is 0 Å². The van der Waals surface area contributed by atoms with Crippen LogP contribution in [0.3, 0.4) is 0 Å². The Balaban J connectivity index is 2.25. The Kier molecular flexibility index (Phi) is 2.46. The first kappa shape index (κ1) is 9.53. The fraction of sp³-hybridized carbons (Fsp3) is 0.500. The van der Waals surface area contributed by atoms with Crippen LogP contribution in [0.2, 0.25) is 0 Å². The van der Waals surface area contributed by atoms with Crippen LogP contribution in [-0.2, 0) is 6.42 Å². The molecule has 2 atom stereocenters. The first-order chi connectivity index (χ1) is 6.68. The van der Waals surface area contributed by atoms with Crippen molar-refractivity contribution in [3.8, 4) is 0 Å². The Morgan fingerprint density at radius 2 is 2.21 bits per heavy atom. The van der Waals surface area contributed by atoms with Gasteiger partial charge in [-0.2, -0.15) is 0 Å². The topological polar surface area (TPSA) is 29.3 Å². The van der Waals surface area contributed by atoms with E-state index < -0.39 is 0 Å². The predicted octanol–water partition coefficient (Wildman–Crippen LogP) is 1.78. The van der Waals surface area contributed by atoms with Crippen molar-refractivity contribution < 1.29 is 0 Å². The fourth-order valence-electron chi connectivity index (χ4n) is 2.22. The van der Waals surface area contributed by atoms with E-state index in [-0.39, 0.29) is 6.04 Å². The van der Waals surface area contributed by atoms with Crippen LogP contribution in [0.15, 0.2) is 24.3 Å². The van der Waals surface area contributed by atoms with Crippen LogP contribution in [0.4, 0.5) is 5.69 Å². The lowest BCUT2D eigenvalue weighted by Gasteiger charge is -2.26. The molecule has 0 radical (unpaired) electrons. The van der Waals surface area contributed by atoms with Gasteiger partial charge in [-0.15, -0.1) is 0 Å². The molecule has 1 unspecified atom stereocenters. The molecule has 1 aromatic carbocycles. The van der Waals surface area contributed by atoms with E-state index >= 15 is 0 Å². The van der Waals surface area contributed by atoms with Crippen molar-refractivity contribution in [3.05, 3.63) is 29.8 Å². The van der Waals surface area contributed by atoms with E-state index in [0.717, 1.165) is 13.0 Å². The van der Waals surface area contributed by atoms with Crippen molar-refractivity contribution in [3.63, 3.8) is 0 Å². The maximum absolute atomic E-state index is 5.85. The van der Waals surface area contributed by atoms with Crippen molar-refractivity contribution in [1.82, 2.24) is 0 Å². The number of benzene rings is 1. The van der Waals surface area contributed by atoms with Crippen LogP contribution in [0.1, 0.15) is 19.4 Å². The second kappa shape index (κ2) is 3.62. The first-order valence-electron chi connectivity index (χ1n) is 5.28. The highest BCUT2D eigenvalue weighted by molar-refractivity contribution is 5.59. The van der Waals surface area contributed by atoms with E-state index in [9.17, 15) is 0 Å². The number of nitrogens with two attached hydrogens (primary N) is 1. The van der Waals surface area contributed by atoms with Crippen LogP contribution < -0.4 is 10.6 Å². The quantitative estimate of drug-likeness (QED) is 0.770. The standard InChI is InChI=1S/C12H18N2/c1-9(13)8-14-10(2)7-11-5-3-4-6-12(11)14/h3-6,9-10H,7-8,13H2,1-2H3/t9-,10?/m1/s1. The molecule has 0 saturated carbocycles. The van der Waals surface area contributed by atoms with Gasteiger partial charge in [0.05, 0.1) is 0 Å². The molecule has 1 aromatic rings. The molecule has 1 aliphatic rings. The molecule has 0 saturated heterocycles. The van der Waals surface area contributed by atoms with Crippen LogP contribution in [0.5, 0.6) is 0 Å². The summed E-state index contributed by atoms with van der Waals surface area (Å²) >= 11 is 0. The maximum Gasteiger partial charge on any atom is 0.0402 e. The van der Waals surface area contributed by atoms with Gasteiger partial charge in [0.15, 0.2) is 0 Å². The third kappa shape index (κ3) is 1.62. The van der Waals surface area contributed by atoms with Gasteiger partial charge in [-0.25, -0.2) is 0 Å². The average molecular weight is 190 g/mol. The van der Waals surface area contributed by atoms with Crippen molar-refractivity contribution in [2.75, 3.05) is 11.4 Å². The molecule has 1 heterocycles. The van der Waals surface area contributed by atoms with Gasteiger partial charge in [-0.05, 0) is 31.9 Å². The number of hydrogen-bond donors (Lipinski definition) is 1. The third-order valence-electron chi connectivity index (χ3n) is 2.83. The lowest BCUT2D eigenvalue weighted by Crippen LogP contribution is -2.38. The lowest BCUT2D eigenvalue weighted by atomic mass is 10.1. The Bertz CT molecular complexity index is 320. The largest absolute Gasteiger partial charge is 0.367 e. The highest BCUT2D eigenvalue weighted by Gasteiger charge is 2.25. The number of nitrogens with zero attached hydrogens (tertiary/aromatic N) is 1. The number of rotatable bonds is 2. The number of anilines is 1. The molecular weight excluding hydrogens is 172 g/mol. The molecule has 0 spiro atoms. The first-order valence-corrected chi connectivity index (χ1v) is 5.28. The van der Waals surface area contributed by atoms with Gasteiger partial charge in [-0.1, -0.05) is 18.2 Å². The molecule has 2 N–H and O–H groups in total. The third-order valence-corrected chi connectivity index (χ3v) is 2.83. The Morgan fingerprint density at radius 1 is 1.50 bits per heavy atom. The highest BCUT2D eigenvalue weighted by Crippen LogP contribution is 2.31. The monoisotopic (exact) mass is 190 g/mol. The lowest BCUT2D eigenvalue weighted by molar-refractivity contribution is 0.617. The minimum atomic E-state index is 0.239. The van der Waals surface area contributed by atoms with E-state index in [4.69, 9.17) is 5.73 Å². The second-order valence-corrected chi connectivity index (χ2v) is 4.31. The summed E-state index contributed by atoms with van der Waals surface area (Å²) in [6.45, 7) is 5.29. The number of para-hydroxylation sites is 1. The second-order valence-electron chi connectivity index (χ2n) is 4.31. The highest BCUT2D eigenvalue weighted by atomic mass is 15.2. The zero-order chi connectivity index (χ0) is 10.1. The summed E-state index contributed by atoms with van der Waals surface area (Å²) in [6, 6.07) is 9.46. The van der Waals surface area contributed by atoms with Crippen molar-refractivity contribution >= 4 is 5.69 Å². The summed E-state index contributed by atoms with van der Waals surface area (Å²) in [5.41, 5.74) is 8.68. The molecule has 0 aromatic heterocycles. The summed E-state index contributed by atoms with van der Waals surface area (Å²) in [5, 5.41) is 0. The fourth-order valence-corrected chi connectivity index (χ4v) is 2.22. The molecule has 0 aliphatic carbocycles. The predicted molar refractivity (Wildman–Crippen MR) is 60.6 cm³/mol. The van der Waals surface area contributed by atoms with E-state index in [1.807, 2.05) is 0 Å². The van der Waals surface area contributed by atoms with Gasteiger partial charge in [0.25, 0.3) is 0 Å². The summed E-state index contributed by atoms with van der Waals surface area (Å²) < 4.78 is 0. The van der Waals surface area contributed by atoms with Crippen molar-refractivity contribution in [1.29, 1.82) is 0 Å². The van der Waals surface area contributed by atoms with E-state index in [1.165, 1.54) is 11.3 Å². The van der Waals surface area contributed by atoms with Gasteiger partial charge in [0.2, 0.25) is 0 Å². The van der Waals surface area contributed by atoms with E-state index in [0.29, 0.717) is 6.04 Å². The Morgan fingerprint density at radius 3 is 2.93 bits per heavy atom. The minimum absolute atomic E-state index is 0.239. The Labute approximate surface area is 85.7 Å². The van der Waals surface area contributed by atoms with Crippen molar-refractivity contribution in [2.45, 2.75) is 32.4 Å². The zero-order valence-corrected chi connectivity index (χ0v) is 8.90. The molecule has 2 rings (SSSR count). The van der Waals surface area contributed by atoms with Crippen LogP contribution in [-0.4, -0.2) is 18.6 Å². The van der Waals surface area contributed by atoms with Gasteiger partial charge < -0.3 is 10.6 Å². The zero-order valence-electron chi connectivity index (χ0n) is 8.90. The summed E-state index contributed by atoms with van der Waals surface area (Å²) in [7, 11) is 0. The summed E-state index contributed by atoms with van der Waals surface area (Å²) in [4.78, 5) is 2.42. The Hall–Kier alpha value is -1.02. The molecule has 0 fully saturated rings. The summed E-state index contributed by atoms with van der Waals surface area (Å²) in [6.07, 6.45) is 1.16. The molecule has 0 bridgehead atoms. The molecule has 2 heteroatoms. The van der Waals surface area contributed by atoms with E-state index in [1.54, 1.807) is 0 Å². The SMILES string of the molecule is CC1Cc2ccccc2N1C[C@@H](C)N. The molecular formula is C12H18N2. The van der Waals surface area contributed by atoms with Gasteiger partial charge in [0.1, 0.15) is 0 Å². The van der Waals surface area contributed by atoms with E-state index in [2.05, 4.69) is 43.0 Å². The number of hydrogen-bond acceptors (Lipinski definition) is 2. The van der Waals surface area contributed by atoms with Crippen LogP contribution in [0, 0.1) is 0 Å². The molecule has 14 heavy (non-hydrogen) atoms. The van der Waals surface area contributed by atoms with Gasteiger partial charge in [-0.3, -0.25) is 0 Å². The normalized spacial score (nSPS) is 22.2. The number of fused-ring (bicyclic) bond motifs is 1. The van der Waals surface area contributed by atoms with Crippen LogP contribution in [0.25, 0.3) is 0 Å². The molecule has 0 amide bonds. The van der Waals surface area contributed by atoms with Crippen molar-refractivity contribution in [2.24, 2.45) is 5.73 Å². The summed E-state index contributed by atoms with van der Waals surface area (Å²) in [5.74, 6) is 0.